The second kappa shape index (κ2) is 4.65. The third kappa shape index (κ3) is 1.97. The number of furan rings is 1. The SMILES string of the molecule is O=C(O)c1c(F)cccc1Oc1nccc2occc12. The number of aromatic carboxylic acids is 1. The van der Waals surface area contributed by atoms with Gasteiger partial charge in [-0.25, -0.2) is 14.2 Å². The quantitative estimate of drug-likeness (QED) is 0.791. The van der Waals surface area contributed by atoms with E-state index < -0.39 is 17.3 Å². The molecule has 0 saturated carbocycles. The highest BCUT2D eigenvalue weighted by atomic mass is 19.1. The summed E-state index contributed by atoms with van der Waals surface area (Å²) in [5.41, 5.74) is 0.0121. The molecule has 0 aliphatic rings. The number of rotatable bonds is 3. The Morgan fingerprint density at radius 3 is 2.95 bits per heavy atom. The molecule has 0 spiro atoms. The van der Waals surface area contributed by atoms with Crippen LogP contribution in [0.3, 0.4) is 0 Å². The highest BCUT2D eigenvalue weighted by molar-refractivity contribution is 5.91. The summed E-state index contributed by atoms with van der Waals surface area (Å²) in [5.74, 6) is -2.23. The van der Waals surface area contributed by atoms with E-state index in [1.807, 2.05) is 0 Å². The van der Waals surface area contributed by atoms with Crippen LogP contribution in [0.25, 0.3) is 11.0 Å². The van der Waals surface area contributed by atoms with Crippen LogP contribution in [0.15, 0.2) is 47.2 Å². The van der Waals surface area contributed by atoms with Gasteiger partial charge in [-0.05, 0) is 24.3 Å². The van der Waals surface area contributed by atoms with E-state index in [1.165, 1.54) is 24.6 Å². The van der Waals surface area contributed by atoms with E-state index in [9.17, 15) is 9.18 Å². The maximum atomic E-state index is 13.6. The number of carboxylic acids is 1. The molecule has 0 aliphatic heterocycles. The smallest absolute Gasteiger partial charge is 0.342 e. The van der Waals surface area contributed by atoms with Crippen LogP contribution in [-0.4, -0.2) is 16.1 Å². The summed E-state index contributed by atoms with van der Waals surface area (Å²) in [6, 6.07) is 7.07. The number of carbonyl (C=O) groups is 1. The zero-order valence-corrected chi connectivity index (χ0v) is 10.0. The first kappa shape index (κ1) is 12.2. The Balaban J connectivity index is 2.10. The van der Waals surface area contributed by atoms with E-state index in [0.29, 0.717) is 11.0 Å². The lowest BCUT2D eigenvalue weighted by molar-refractivity contribution is 0.0689. The molecule has 0 fully saturated rings. The molecule has 0 radical (unpaired) electrons. The Kier molecular flexibility index (Phi) is 2.83. The zero-order chi connectivity index (χ0) is 14.1. The van der Waals surface area contributed by atoms with Gasteiger partial charge in [-0.15, -0.1) is 0 Å². The maximum absolute atomic E-state index is 13.6. The van der Waals surface area contributed by atoms with Crippen molar-refractivity contribution in [3.05, 3.63) is 54.2 Å². The van der Waals surface area contributed by atoms with Crippen molar-refractivity contribution in [3.63, 3.8) is 0 Å². The van der Waals surface area contributed by atoms with Crippen LogP contribution in [-0.2, 0) is 0 Å². The van der Waals surface area contributed by atoms with Crippen molar-refractivity contribution in [3.8, 4) is 11.6 Å². The van der Waals surface area contributed by atoms with Crippen molar-refractivity contribution in [1.82, 2.24) is 4.98 Å². The van der Waals surface area contributed by atoms with Gasteiger partial charge in [0, 0.05) is 6.20 Å². The average molecular weight is 273 g/mol. The molecule has 5 nitrogen and oxygen atoms in total. The monoisotopic (exact) mass is 273 g/mol. The molecule has 0 bridgehead atoms. The zero-order valence-electron chi connectivity index (χ0n) is 10.0. The minimum atomic E-state index is -1.41. The molecule has 100 valence electrons. The van der Waals surface area contributed by atoms with Gasteiger partial charge in [-0.2, -0.15) is 0 Å². The number of fused-ring (bicyclic) bond motifs is 1. The molecular formula is C14H8FNO4. The topological polar surface area (TPSA) is 72.6 Å². The van der Waals surface area contributed by atoms with Gasteiger partial charge in [0.15, 0.2) is 0 Å². The van der Waals surface area contributed by atoms with E-state index in [1.54, 1.807) is 12.1 Å². The van der Waals surface area contributed by atoms with Gasteiger partial charge in [0.05, 0.1) is 11.6 Å². The van der Waals surface area contributed by atoms with Crippen molar-refractivity contribution >= 4 is 16.9 Å². The lowest BCUT2D eigenvalue weighted by atomic mass is 10.2. The van der Waals surface area contributed by atoms with Crippen LogP contribution < -0.4 is 4.74 Å². The number of aromatic nitrogens is 1. The van der Waals surface area contributed by atoms with E-state index >= 15 is 0 Å². The van der Waals surface area contributed by atoms with Gasteiger partial charge >= 0.3 is 5.97 Å². The second-order valence-corrected chi connectivity index (χ2v) is 3.97. The summed E-state index contributed by atoms with van der Waals surface area (Å²) in [6.07, 6.45) is 2.92. The Morgan fingerprint density at radius 1 is 1.30 bits per heavy atom. The summed E-state index contributed by atoms with van der Waals surface area (Å²) in [7, 11) is 0. The molecule has 0 saturated heterocycles. The molecule has 3 aromatic rings. The first-order valence-corrected chi connectivity index (χ1v) is 5.68. The fraction of sp³-hybridized carbons (Fsp3) is 0. The normalized spacial score (nSPS) is 10.7. The number of pyridine rings is 1. The molecule has 2 aromatic heterocycles. The highest BCUT2D eigenvalue weighted by Crippen LogP contribution is 2.31. The number of halogens is 1. The molecule has 6 heteroatoms. The summed E-state index contributed by atoms with van der Waals surface area (Å²) in [6.45, 7) is 0. The predicted molar refractivity (Wildman–Crippen MR) is 67.4 cm³/mol. The number of carboxylic acid groups (broad SMARTS) is 1. The maximum Gasteiger partial charge on any atom is 0.342 e. The number of hydrogen-bond acceptors (Lipinski definition) is 4. The van der Waals surface area contributed by atoms with Gasteiger partial charge in [0.2, 0.25) is 5.88 Å². The van der Waals surface area contributed by atoms with E-state index in [-0.39, 0.29) is 11.6 Å². The van der Waals surface area contributed by atoms with Crippen LogP contribution in [0.4, 0.5) is 4.39 Å². The van der Waals surface area contributed by atoms with E-state index in [4.69, 9.17) is 14.3 Å². The largest absolute Gasteiger partial charge is 0.477 e. The van der Waals surface area contributed by atoms with Crippen LogP contribution in [0.5, 0.6) is 11.6 Å². The number of benzene rings is 1. The number of hydrogen-bond donors (Lipinski definition) is 1. The van der Waals surface area contributed by atoms with Crippen molar-refractivity contribution in [2.45, 2.75) is 0 Å². The predicted octanol–water partition coefficient (Wildman–Crippen LogP) is 3.46. The summed E-state index contributed by atoms with van der Waals surface area (Å²) in [4.78, 5) is 15.1. The van der Waals surface area contributed by atoms with Crippen molar-refractivity contribution < 1.29 is 23.4 Å². The van der Waals surface area contributed by atoms with Gasteiger partial charge in [0.1, 0.15) is 22.7 Å². The molecule has 1 aromatic carbocycles. The van der Waals surface area contributed by atoms with Gasteiger partial charge in [-0.1, -0.05) is 6.07 Å². The Labute approximate surface area is 112 Å². The summed E-state index contributed by atoms with van der Waals surface area (Å²) < 4.78 is 24.2. The molecule has 1 N–H and O–H groups in total. The average Bonchev–Trinajstić information content (AvgIpc) is 2.87. The molecule has 3 rings (SSSR count). The van der Waals surface area contributed by atoms with Gasteiger partial charge in [-0.3, -0.25) is 0 Å². The summed E-state index contributed by atoms with van der Waals surface area (Å²) >= 11 is 0. The first-order valence-electron chi connectivity index (χ1n) is 5.68. The van der Waals surface area contributed by atoms with Crippen molar-refractivity contribution in [2.75, 3.05) is 0 Å². The molecular weight excluding hydrogens is 265 g/mol. The Hall–Kier alpha value is -2.89. The fourth-order valence-electron chi connectivity index (χ4n) is 1.85. The number of ether oxygens (including phenoxy) is 1. The van der Waals surface area contributed by atoms with Crippen LogP contribution >= 0.6 is 0 Å². The molecule has 0 atom stereocenters. The molecule has 0 unspecified atom stereocenters. The highest BCUT2D eigenvalue weighted by Gasteiger charge is 2.18. The lowest BCUT2D eigenvalue weighted by Crippen LogP contribution is -2.04. The lowest BCUT2D eigenvalue weighted by Gasteiger charge is -2.08. The third-order valence-electron chi connectivity index (χ3n) is 2.74. The van der Waals surface area contributed by atoms with Gasteiger partial charge in [0.25, 0.3) is 0 Å². The minimum Gasteiger partial charge on any atom is -0.477 e. The van der Waals surface area contributed by atoms with Crippen molar-refractivity contribution in [1.29, 1.82) is 0 Å². The van der Waals surface area contributed by atoms with Gasteiger partial charge < -0.3 is 14.3 Å². The third-order valence-corrected chi connectivity index (χ3v) is 2.74. The van der Waals surface area contributed by atoms with Crippen LogP contribution in [0, 0.1) is 5.82 Å². The summed E-state index contributed by atoms with van der Waals surface area (Å²) in [5, 5.41) is 9.62. The molecule has 20 heavy (non-hydrogen) atoms. The Bertz CT molecular complexity index is 797. The van der Waals surface area contributed by atoms with Crippen LogP contribution in [0.2, 0.25) is 0 Å². The van der Waals surface area contributed by atoms with Crippen LogP contribution in [0.1, 0.15) is 10.4 Å². The van der Waals surface area contributed by atoms with E-state index in [0.717, 1.165) is 6.07 Å². The Morgan fingerprint density at radius 2 is 2.15 bits per heavy atom. The standard InChI is InChI=1S/C14H8FNO4/c15-9-2-1-3-11(12(9)14(17)18)20-13-8-5-7-19-10(8)4-6-16-13/h1-7H,(H,17,18). The fourth-order valence-corrected chi connectivity index (χ4v) is 1.85. The second-order valence-electron chi connectivity index (χ2n) is 3.97. The van der Waals surface area contributed by atoms with E-state index in [2.05, 4.69) is 4.98 Å². The first-order chi connectivity index (χ1) is 9.66. The molecule has 0 aliphatic carbocycles. The molecule has 2 heterocycles. The number of nitrogens with zero attached hydrogens (tertiary/aromatic N) is 1. The minimum absolute atomic E-state index is 0.112. The molecule has 0 amide bonds. The van der Waals surface area contributed by atoms with Crippen molar-refractivity contribution in [2.24, 2.45) is 0 Å².